The van der Waals surface area contributed by atoms with E-state index in [-0.39, 0.29) is 17.2 Å². The maximum absolute atomic E-state index is 12.0. The standard InChI is InChI=1S/C15H18N6O2S3/c1-3-4-5-12-18-19-14(26-12)17-11(22)8-24-7-10-6-13(23)21-15(16-10)25-9(2)20-21/h6H,3-5,7-8H2,1-2H3,(H,17,19,22). The number of thioether (sulfide) groups is 1. The summed E-state index contributed by atoms with van der Waals surface area (Å²) in [5.41, 5.74) is 0.446. The molecule has 3 rings (SSSR count). The molecule has 0 aromatic carbocycles. The average molecular weight is 411 g/mol. The second kappa shape index (κ2) is 8.69. The van der Waals surface area contributed by atoms with E-state index in [0.717, 1.165) is 29.3 Å². The van der Waals surface area contributed by atoms with Gasteiger partial charge in [0.1, 0.15) is 10.0 Å². The summed E-state index contributed by atoms with van der Waals surface area (Å²) in [5.74, 6) is 0.597. The third-order valence-corrected chi connectivity index (χ3v) is 6.03. The topological polar surface area (TPSA) is 102 Å². The van der Waals surface area contributed by atoms with Crippen molar-refractivity contribution in [1.82, 2.24) is 24.8 Å². The van der Waals surface area contributed by atoms with Crippen molar-refractivity contribution in [1.29, 1.82) is 0 Å². The van der Waals surface area contributed by atoms with Crippen LogP contribution in [-0.4, -0.2) is 36.5 Å². The van der Waals surface area contributed by atoms with E-state index in [1.807, 2.05) is 6.92 Å². The molecule has 8 nitrogen and oxygen atoms in total. The molecule has 11 heteroatoms. The molecule has 1 amide bonds. The van der Waals surface area contributed by atoms with E-state index >= 15 is 0 Å². The largest absolute Gasteiger partial charge is 0.300 e. The Hall–Kier alpha value is -1.85. The number of rotatable bonds is 8. The maximum Gasteiger partial charge on any atom is 0.275 e. The van der Waals surface area contributed by atoms with Crippen LogP contribution < -0.4 is 10.9 Å². The third kappa shape index (κ3) is 4.86. The van der Waals surface area contributed by atoms with Gasteiger partial charge < -0.3 is 0 Å². The van der Waals surface area contributed by atoms with Crippen molar-refractivity contribution in [3.63, 3.8) is 0 Å². The minimum atomic E-state index is -0.201. The molecule has 138 valence electrons. The van der Waals surface area contributed by atoms with Crippen LogP contribution in [0, 0.1) is 6.92 Å². The van der Waals surface area contributed by atoms with Gasteiger partial charge >= 0.3 is 0 Å². The molecule has 0 bridgehead atoms. The molecule has 26 heavy (non-hydrogen) atoms. The molecule has 3 heterocycles. The van der Waals surface area contributed by atoms with E-state index in [1.165, 1.54) is 45.0 Å². The Labute approximate surface area is 162 Å². The molecule has 3 aromatic heterocycles. The molecule has 0 spiro atoms. The molecule has 1 N–H and O–H groups in total. The van der Waals surface area contributed by atoms with E-state index in [2.05, 4.69) is 32.5 Å². The van der Waals surface area contributed by atoms with Gasteiger partial charge in [-0.1, -0.05) is 36.0 Å². The van der Waals surface area contributed by atoms with Gasteiger partial charge in [-0.05, 0) is 13.3 Å². The highest BCUT2D eigenvalue weighted by molar-refractivity contribution is 7.99. The fraction of sp³-hybridized carbons (Fsp3) is 0.467. The Morgan fingerprint density at radius 1 is 1.35 bits per heavy atom. The zero-order valence-electron chi connectivity index (χ0n) is 14.4. The van der Waals surface area contributed by atoms with Crippen LogP contribution in [0.3, 0.4) is 0 Å². The van der Waals surface area contributed by atoms with Gasteiger partial charge in [0.2, 0.25) is 16.0 Å². The third-order valence-electron chi connectivity index (χ3n) is 3.34. The van der Waals surface area contributed by atoms with E-state index < -0.39 is 0 Å². The second-order valence-corrected chi connectivity index (χ2v) is 8.75. The number of hydrogen-bond donors (Lipinski definition) is 1. The zero-order valence-corrected chi connectivity index (χ0v) is 16.8. The van der Waals surface area contributed by atoms with E-state index in [9.17, 15) is 9.59 Å². The SMILES string of the molecule is CCCCc1nnc(NC(=O)CSCc2cc(=O)n3nc(C)sc3n2)s1. The molecule has 0 saturated carbocycles. The highest BCUT2D eigenvalue weighted by Crippen LogP contribution is 2.18. The Morgan fingerprint density at radius 3 is 3.00 bits per heavy atom. The van der Waals surface area contributed by atoms with Gasteiger partial charge in [-0.25, -0.2) is 4.98 Å². The Morgan fingerprint density at radius 2 is 2.19 bits per heavy atom. The number of fused-ring (bicyclic) bond motifs is 1. The summed E-state index contributed by atoms with van der Waals surface area (Å²) in [6.07, 6.45) is 3.05. The lowest BCUT2D eigenvalue weighted by molar-refractivity contribution is -0.113. The Bertz CT molecular complexity index is 964. The van der Waals surface area contributed by atoms with Crippen molar-refractivity contribution in [2.45, 2.75) is 38.9 Å². The molecule has 0 aliphatic heterocycles. The quantitative estimate of drug-likeness (QED) is 0.609. The van der Waals surface area contributed by atoms with Gasteiger partial charge in [-0.15, -0.1) is 22.0 Å². The van der Waals surface area contributed by atoms with E-state index in [0.29, 0.717) is 21.5 Å². The summed E-state index contributed by atoms with van der Waals surface area (Å²) >= 11 is 4.18. The number of aryl methyl sites for hydroxylation is 2. The smallest absolute Gasteiger partial charge is 0.275 e. The predicted octanol–water partition coefficient (Wildman–Crippen LogP) is 2.53. The number of nitrogens with one attached hydrogen (secondary N) is 1. The molecular weight excluding hydrogens is 392 g/mol. The van der Waals surface area contributed by atoms with Crippen LogP contribution in [0.2, 0.25) is 0 Å². The normalized spacial score (nSPS) is 11.2. The minimum absolute atomic E-state index is 0.139. The van der Waals surface area contributed by atoms with Crippen LogP contribution in [0.4, 0.5) is 5.13 Å². The number of aromatic nitrogens is 5. The monoisotopic (exact) mass is 410 g/mol. The first-order chi connectivity index (χ1) is 12.5. The highest BCUT2D eigenvalue weighted by atomic mass is 32.2. The van der Waals surface area contributed by atoms with Crippen molar-refractivity contribution in [2.75, 3.05) is 11.1 Å². The number of nitrogens with zero attached hydrogens (tertiary/aromatic N) is 5. The minimum Gasteiger partial charge on any atom is -0.300 e. The lowest BCUT2D eigenvalue weighted by Crippen LogP contribution is -2.16. The molecular formula is C15H18N6O2S3. The molecule has 0 atom stereocenters. The zero-order chi connectivity index (χ0) is 18.5. The summed E-state index contributed by atoms with van der Waals surface area (Å²) in [6, 6.07) is 1.46. The summed E-state index contributed by atoms with van der Waals surface area (Å²) in [5, 5.41) is 17.2. The lowest BCUT2D eigenvalue weighted by Gasteiger charge is -2.02. The molecule has 0 aliphatic rings. The van der Waals surface area contributed by atoms with Crippen molar-refractivity contribution in [3.05, 3.63) is 32.1 Å². The van der Waals surface area contributed by atoms with Gasteiger partial charge in [0.25, 0.3) is 5.56 Å². The molecule has 0 saturated heterocycles. The predicted molar refractivity (Wildman–Crippen MR) is 105 cm³/mol. The van der Waals surface area contributed by atoms with Crippen molar-refractivity contribution in [3.8, 4) is 0 Å². The van der Waals surface area contributed by atoms with Gasteiger partial charge in [0.05, 0.1) is 11.4 Å². The first kappa shape index (κ1) is 18.9. The van der Waals surface area contributed by atoms with Gasteiger partial charge in [-0.3, -0.25) is 14.9 Å². The average Bonchev–Trinajstić information content (AvgIpc) is 3.19. The number of amides is 1. The number of unbranched alkanes of at least 4 members (excludes halogenated alkanes) is 1. The fourth-order valence-electron chi connectivity index (χ4n) is 2.16. The first-order valence-electron chi connectivity index (χ1n) is 8.11. The van der Waals surface area contributed by atoms with Crippen LogP contribution in [-0.2, 0) is 17.0 Å². The molecule has 0 fully saturated rings. The Kier molecular flexibility index (Phi) is 6.33. The van der Waals surface area contributed by atoms with Gasteiger partial charge in [0, 0.05) is 18.2 Å². The summed E-state index contributed by atoms with van der Waals surface area (Å²) in [6.45, 7) is 3.96. The van der Waals surface area contributed by atoms with Crippen molar-refractivity contribution in [2.24, 2.45) is 0 Å². The molecule has 0 radical (unpaired) electrons. The van der Waals surface area contributed by atoms with Crippen LogP contribution in [0.1, 0.15) is 35.5 Å². The molecule has 0 aliphatic carbocycles. The lowest BCUT2D eigenvalue weighted by atomic mass is 10.3. The molecule has 0 unspecified atom stereocenters. The van der Waals surface area contributed by atoms with Crippen LogP contribution in [0.5, 0.6) is 0 Å². The number of carbonyl (C=O) groups is 1. The Balaban J connectivity index is 1.50. The highest BCUT2D eigenvalue weighted by Gasteiger charge is 2.10. The van der Waals surface area contributed by atoms with E-state index in [4.69, 9.17) is 0 Å². The number of carbonyl (C=O) groups excluding carboxylic acids is 1. The summed E-state index contributed by atoms with van der Waals surface area (Å²) in [4.78, 5) is 29.0. The maximum atomic E-state index is 12.0. The number of anilines is 1. The first-order valence-corrected chi connectivity index (χ1v) is 10.9. The van der Waals surface area contributed by atoms with Crippen molar-refractivity contribution < 1.29 is 4.79 Å². The second-order valence-electron chi connectivity index (χ2n) is 5.55. The summed E-state index contributed by atoms with van der Waals surface area (Å²) < 4.78 is 1.30. The van der Waals surface area contributed by atoms with Crippen LogP contribution >= 0.6 is 34.4 Å². The van der Waals surface area contributed by atoms with E-state index in [1.54, 1.807) is 0 Å². The fourth-order valence-corrected chi connectivity index (χ4v) is 4.44. The van der Waals surface area contributed by atoms with Crippen molar-refractivity contribution >= 4 is 50.4 Å². The molecule has 3 aromatic rings. The van der Waals surface area contributed by atoms with Crippen LogP contribution in [0.25, 0.3) is 4.96 Å². The van der Waals surface area contributed by atoms with Crippen LogP contribution in [0.15, 0.2) is 10.9 Å². The summed E-state index contributed by atoms with van der Waals surface area (Å²) in [7, 11) is 0. The number of hydrogen-bond acceptors (Lipinski definition) is 9. The van der Waals surface area contributed by atoms with Gasteiger partial charge in [0.15, 0.2) is 0 Å². The van der Waals surface area contributed by atoms with Gasteiger partial charge in [-0.2, -0.15) is 9.61 Å².